The molecule has 0 aliphatic carbocycles. The molecule has 0 saturated heterocycles. The minimum Gasteiger partial charge on any atom is -0.321 e. The van der Waals surface area contributed by atoms with Crippen molar-refractivity contribution >= 4 is 21.6 Å². The number of halogens is 1. The van der Waals surface area contributed by atoms with E-state index >= 15 is 0 Å². The Bertz CT molecular complexity index is 745. The highest BCUT2D eigenvalue weighted by Crippen LogP contribution is 2.13. The smallest absolute Gasteiger partial charge is 0.274 e. The molecule has 6 nitrogen and oxygen atoms in total. The zero-order chi connectivity index (χ0) is 14.8. The van der Waals surface area contributed by atoms with Gasteiger partial charge >= 0.3 is 0 Å². The molecule has 0 unspecified atom stereocenters. The van der Waals surface area contributed by atoms with Gasteiger partial charge in [0.1, 0.15) is 5.69 Å². The Kier molecular flexibility index (Phi) is 3.77. The summed E-state index contributed by atoms with van der Waals surface area (Å²) in [6.07, 6.45) is 0. The van der Waals surface area contributed by atoms with E-state index in [0.29, 0.717) is 5.69 Å². The zero-order valence-electron chi connectivity index (χ0n) is 10.1. The van der Waals surface area contributed by atoms with Gasteiger partial charge in [-0.2, -0.15) is 4.39 Å². The Morgan fingerprint density at radius 3 is 2.35 bits per heavy atom. The highest BCUT2D eigenvalue weighted by Gasteiger charge is 2.10. The summed E-state index contributed by atoms with van der Waals surface area (Å²) in [6.45, 7) is 0. The Morgan fingerprint density at radius 2 is 1.80 bits per heavy atom. The van der Waals surface area contributed by atoms with Crippen molar-refractivity contribution < 1.29 is 17.6 Å². The molecule has 2 rings (SSSR count). The first-order chi connectivity index (χ1) is 9.36. The summed E-state index contributed by atoms with van der Waals surface area (Å²) < 4.78 is 35.0. The van der Waals surface area contributed by atoms with Crippen LogP contribution in [0.5, 0.6) is 0 Å². The average molecular weight is 295 g/mol. The number of pyridine rings is 1. The third-order valence-electron chi connectivity index (χ3n) is 2.39. The average Bonchev–Trinajstić information content (AvgIpc) is 2.38. The van der Waals surface area contributed by atoms with Crippen LogP contribution in [0, 0.1) is 5.95 Å². The summed E-state index contributed by atoms with van der Waals surface area (Å²) in [4.78, 5) is 15.1. The van der Waals surface area contributed by atoms with Crippen molar-refractivity contribution in [3.05, 3.63) is 54.1 Å². The monoisotopic (exact) mass is 295 g/mol. The van der Waals surface area contributed by atoms with E-state index < -0.39 is 21.9 Å². The maximum absolute atomic E-state index is 12.9. The number of nitrogens with one attached hydrogen (secondary N) is 1. The van der Waals surface area contributed by atoms with Gasteiger partial charge in [-0.3, -0.25) is 4.79 Å². The predicted molar refractivity (Wildman–Crippen MR) is 70.0 cm³/mol. The third-order valence-corrected chi connectivity index (χ3v) is 3.32. The van der Waals surface area contributed by atoms with Gasteiger partial charge in [0, 0.05) is 5.69 Å². The van der Waals surface area contributed by atoms with Crippen LogP contribution in [0.3, 0.4) is 0 Å². The molecule has 1 amide bonds. The van der Waals surface area contributed by atoms with E-state index in [1.54, 1.807) is 0 Å². The topological polar surface area (TPSA) is 102 Å². The number of hydrogen-bond donors (Lipinski definition) is 2. The largest absolute Gasteiger partial charge is 0.321 e. The van der Waals surface area contributed by atoms with Gasteiger partial charge in [-0.15, -0.1) is 0 Å². The fourth-order valence-electron chi connectivity index (χ4n) is 1.46. The van der Waals surface area contributed by atoms with Crippen LogP contribution in [0.4, 0.5) is 10.1 Å². The second kappa shape index (κ2) is 5.35. The SMILES string of the molecule is NS(=O)(=O)c1ccc(NC(=O)c2cccc(F)n2)cc1. The molecule has 0 radical (unpaired) electrons. The lowest BCUT2D eigenvalue weighted by Crippen LogP contribution is -2.15. The molecule has 1 aromatic heterocycles. The summed E-state index contributed by atoms with van der Waals surface area (Å²) in [5.74, 6) is -1.37. The molecule has 0 aliphatic heterocycles. The summed E-state index contributed by atoms with van der Waals surface area (Å²) in [7, 11) is -3.78. The zero-order valence-corrected chi connectivity index (χ0v) is 10.9. The van der Waals surface area contributed by atoms with Crippen molar-refractivity contribution in [3.63, 3.8) is 0 Å². The minimum atomic E-state index is -3.78. The number of hydrogen-bond acceptors (Lipinski definition) is 4. The fourth-order valence-corrected chi connectivity index (χ4v) is 1.97. The van der Waals surface area contributed by atoms with Crippen LogP contribution >= 0.6 is 0 Å². The molecule has 8 heteroatoms. The summed E-state index contributed by atoms with van der Waals surface area (Å²) in [5, 5.41) is 7.41. The van der Waals surface area contributed by atoms with Crippen molar-refractivity contribution in [3.8, 4) is 0 Å². The Hall–Kier alpha value is -2.32. The van der Waals surface area contributed by atoms with Gasteiger partial charge in [-0.05, 0) is 36.4 Å². The van der Waals surface area contributed by atoms with E-state index in [2.05, 4.69) is 10.3 Å². The first kappa shape index (κ1) is 14.1. The number of benzene rings is 1. The highest BCUT2D eigenvalue weighted by atomic mass is 32.2. The van der Waals surface area contributed by atoms with Crippen LogP contribution in [0.25, 0.3) is 0 Å². The summed E-state index contributed by atoms with van der Waals surface area (Å²) in [5.41, 5.74) is 0.258. The van der Waals surface area contributed by atoms with Gasteiger partial charge in [-0.1, -0.05) is 6.07 Å². The molecule has 1 heterocycles. The van der Waals surface area contributed by atoms with Crippen molar-refractivity contribution in [1.82, 2.24) is 4.98 Å². The third kappa shape index (κ3) is 3.37. The molecule has 3 N–H and O–H groups in total. The minimum absolute atomic E-state index is 0.0700. The number of anilines is 1. The molecule has 0 aliphatic rings. The maximum atomic E-state index is 12.9. The lowest BCUT2D eigenvalue weighted by molar-refractivity contribution is 0.102. The molecule has 0 bridgehead atoms. The van der Waals surface area contributed by atoms with Crippen LogP contribution in [-0.2, 0) is 10.0 Å². The van der Waals surface area contributed by atoms with Crippen molar-refractivity contribution in [2.75, 3.05) is 5.32 Å². The van der Waals surface area contributed by atoms with Crippen LogP contribution in [0.15, 0.2) is 47.4 Å². The van der Waals surface area contributed by atoms with Gasteiger partial charge in [-0.25, -0.2) is 18.5 Å². The number of nitrogens with zero attached hydrogens (tertiary/aromatic N) is 1. The number of sulfonamides is 1. The van der Waals surface area contributed by atoms with E-state index in [9.17, 15) is 17.6 Å². The molecule has 0 saturated carbocycles. The van der Waals surface area contributed by atoms with Crippen molar-refractivity contribution in [1.29, 1.82) is 0 Å². The lowest BCUT2D eigenvalue weighted by atomic mass is 10.3. The molecule has 1 aromatic carbocycles. The quantitative estimate of drug-likeness (QED) is 0.828. The number of amides is 1. The van der Waals surface area contributed by atoms with Gasteiger partial charge < -0.3 is 5.32 Å². The molecule has 0 spiro atoms. The molecule has 104 valence electrons. The summed E-state index contributed by atoms with van der Waals surface area (Å²) in [6, 6.07) is 9.10. The molecule has 0 fully saturated rings. The van der Waals surface area contributed by atoms with Gasteiger partial charge in [0.05, 0.1) is 4.90 Å². The van der Waals surface area contributed by atoms with Crippen LogP contribution in [-0.4, -0.2) is 19.3 Å². The number of rotatable bonds is 3. The second-order valence-corrected chi connectivity index (χ2v) is 5.43. The number of aromatic nitrogens is 1. The highest BCUT2D eigenvalue weighted by molar-refractivity contribution is 7.89. The lowest BCUT2D eigenvalue weighted by Gasteiger charge is -2.05. The first-order valence-electron chi connectivity index (χ1n) is 5.43. The molecule has 20 heavy (non-hydrogen) atoms. The maximum Gasteiger partial charge on any atom is 0.274 e. The number of carbonyl (C=O) groups excluding carboxylic acids is 1. The fraction of sp³-hybridized carbons (Fsp3) is 0. The van der Waals surface area contributed by atoms with Crippen LogP contribution in [0.2, 0.25) is 0 Å². The molecule has 0 atom stereocenters. The van der Waals surface area contributed by atoms with Crippen LogP contribution < -0.4 is 10.5 Å². The molecular formula is C12H10FN3O3S. The van der Waals surface area contributed by atoms with E-state index in [0.717, 1.165) is 6.07 Å². The Morgan fingerprint density at radius 1 is 1.15 bits per heavy atom. The Balaban J connectivity index is 2.16. The number of carbonyl (C=O) groups is 1. The standard InChI is InChI=1S/C12H10FN3O3S/c13-11-3-1-2-10(16-11)12(17)15-8-4-6-9(7-5-8)20(14,18)19/h1-7H,(H,15,17)(H2,14,18,19). The number of nitrogens with two attached hydrogens (primary N) is 1. The second-order valence-electron chi connectivity index (χ2n) is 3.87. The van der Waals surface area contributed by atoms with Crippen LogP contribution in [0.1, 0.15) is 10.5 Å². The van der Waals surface area contributed by atoms with Crippen molar-refractivity contribution in [2.24, 2.45) is 5.14 Å². The van der Waals surface area contributed by atoms with E-state index in [1.165, 1.54) is 36.4 Å². The van der Waals surface area contributed by atoms with E-state index in [-0.39, 0.29) is 10.6 Å². The predicted octanol–water partition coefficient (Wildman–Crippen LogP) is 1.12. The number of primary sulfonamides is 1. The first-order valence-corrected chi connectivity index (χ1v) is 6.98. The van der Waals surface area contributed by atoms with Gasteiger partial charge in [0.25, 0.3) is 5.91 Å². The summed E-state index contributed by atoms with van der Waals surface area (Å²) >= 11 is 0. The molecule has 2 aromatic rings. The van der Waals surface area contributed by atoms with Gasteiger partial charge in [0.15, 0.2) is 0 Å². The van der Waals surface area contributed by atoms with Gasteiger partial charge in [0.2, 0.25) is 16.0 Å². The van der Waals surface area contributed by atoms with Crippen molar-refractivity contribution in [2.45, 2.75) is 4.90 Å². The Labute approximate surface area is 114 Å². The normalized spacial score (nSPS) is 11.1. The van der Waals surface area contributed by atoms with E-state index in [1.807, 2.05) is 0 Å². The van der Waals surface area contributed by atoms with E-state index in [4.69, 9.17) is 5.14 Å². The molecular weight excluding hydrogens is 285 g/mol.